The zero-order valence-electron chi connectivity index (χ0n) is 15.9. The summed E-state index contributed by atoms with van der Waals surface area (Å²) in [6, 6.07) is 16.2. The van der Waals surface area contributed by atoms with E-state index < -0.39 is 34.9 Å². The summed E-state index contributed by atoms with van der Waals surface area (Å²) < 4.78 is 5.67. The fourth-order valence-electron chi connectivity index (χ4n) is 4.19. The van der Waals surface area contributed by atoms with Crippen molar-refractivity contribution in [1.82, 2.24) is 0 Å². The maximum absolute atomic E-state index is 12.3. The number of carbonyl (C=O) groups is 1. The molecule has 7 nitrogen and oxygen atoms in total. The Balaban J connectivity index is 1.90. The predicted molar refractivity (Wildman–Crippen MR) is 111 cm³/mol. The lowest BCUT2D eigenvalue weighted by Gasteiger charge is -2.30. The topological polar surface area (TPSA) is 127 Å². The number of ether oxygens (including phenoxy) is 1. The van der Waals surface area contributed by atoms with Crippen molar-refractivity contribution >= 4 is 16.7 Å². The van der Waals surface area contributed by atoms with E-state index in [1.54, 1.807) is 24.3 Å². The fraction of sp³-hybridized carbons (Fsp3) is 0.0417. The maximum Gasteiger partial charge on any atom is 0.336 e. The number of aromatic hydroxyl groups is 4. The van der Waals surface area contributed by atoms with Crippen LogP contribution in [0.1, 0.15) is 33.0 Å². The molecule has 0 spiro atoms. The molecule has 7 heteroatoms. The second-order valence-corrected chi connectivity index (χ2v) is 7.29. The number of fused-ring (bicyclic) bond motifs is 3. The maximum atomic E-state index is 12.3. The van der Waals surface area contributed by atoms with Gasteiger partial charge in [0.1, 0.15) is 0 Å². The Morgan fingerprint density at radius 1 is 0.710 bits per heavy atom. The third-order valence-corrected chi connectivity index (χ3v) is 5.59. The third kappa shape index (κ3) is 2.63. The van der Waals surface area contributed by atoms with Crippen LogP contribution >= 0.6 is 0 Å². The molecule has 0 radical (unpaired) electrons. The van der Waals surface area contributed by atoms with Crippen molar-refractivity contribution in [2.75, 3.05) is 0 Å². The van der Waals surface area contributed by atoms with E-state index in [4.69, 9.17) is 4.74 Å². The van der Waals surface area contributed by atoms with Gasteiger partial charge < -0.3 is 30.3 Å². The van der Waals surface area contributed by atoms with Crippen LogP contribution in [0.3, 0.4) is 0 Å². The minimum Gasteiger partial charge on any atom is -0.504 e. The first-order chi connectivity index (χ1) is 14.9. The molecule has 0 aromatic heterocycles. The highest BCUT2D eigenvalue weighted by molar-refractivity contribution is 6.05. The molecule has 0 amide bonds. The number of benzene rings is 4. The Labute approximate surface area is 175 Å². The molecule has 4 aromatic rings. The molecule has 0 fully saturated rings. The third-order valence-electron chi connectivity index (χ3n) is 5.59. The number of phenolic OH excluding ortho intramolecular Hbond substituents is 4. The molecule has 5 rings (SSSR count). The van der Waals surface area contributed by atoms with Crippen LogP contribution in [0.4, 0.5) is 0 Å². The number of hydrogen-bond donors (Lipinski definition) is 5. The summed E-state index contributed by atoms with van der Waals surface area (Å²) in [5.41, 5.74) is 1.30. The molecular formula is C24H16O7. The molecule has 0 bridgehead atoms. The van der Waals surface area contributed by atoms with Gasteiger partial charge in [-0.05, 0) is 28.5 Å². The lowest BCUT2D eigenvalue weighted by Crippen LogP contribution is -2.15. The number of rotatable bonds is 2. The number of phenols is 4. The van der Waals surface area contributed by atoms with Gasteiger partial charge in [-0.15, -0.1) is 0 Å². The molecule has 1 aliphatic rings. The highest BCUT2D eigenvalue weighted by Gasteiger charge is 2.36. The van der Waals surface area contributed by atoms with Crippen molar-refractivity contribution in [3.63, 3.8) is 0 Å². The van der Waals surface area contributed by atoms with Gasteiger partial charge >= 0.3 is 5.97 Å². The smallest absolute Gasteiger partial charge is 0.336 e. The van der Waals surface area contributed by atoms with Crippen LogP contribution in [0, 0.1) is 0 Å². The molecule has 0 aliphatic carbocycles. The van der Waals surface area contributed by atoms with Gasteiger partial charge in [-0.25, -0.2) is 4.79 Å². The van der Waals surface area contributed by atoms with Crippen LogP contribution in [0.15, 0.2) is 60.7 Å². The molecule has 0 saturated heterocycles. The van der Waals surface area contributed by atoms with Gasteiger partial charge in [-0.3, -0.25) is 0 Å². The van der Waals surface area contributed by atoms with E-state index in [0.29, 0.717) is 22.1 Å². The van der Waals surface area contributed by atoms with Gasteiger partial charge in [0.25, 0.3) is 0 Å². The van der Waals surface area contributed by atoms with Crippen molar-refractivity contribution in [1.29, 1.82) is 0 Å². The summed E-state index contributed by atoms with van der Waals surface area (Å²) in [7, 11) is 0. The SMILES string of the molecule is O=C(O)c1c(C2c3ccc(O)c(O)c3Oc3c2ccc(O)c3O)ccc2ccccc12. The lowest BCUT2D eigenvalue weighted by molar-refractivity contribution is 0.0697. The molecule has 31 heavy (non-hydrogen) atoms. The van der Waals surface area contributed by atoms with Gasteiger partial charge in [0.15, 0.2) is 23.0 Å². The highest BCUT2D eigenvalue weighted by atomic mass is 16.5. The molecule has 0 atom stereocenters. The normalized spacial score (nSPS) is 12.8. The minimum atomic E-state index is -1.13. The van der Waals surface area contributed by atoms with Gasteiger partial charge in [-0.2, -0.15) is 0 Å². The van der Waals surface area contributed by atoms with Crippen LogP contribution in [0.2, 0.25) is 0 Å². The Morgan fingerprint density at radius 2 is 1.26 bits per heavy atom. The summed E-state index contributed by atoms with van der Waals surface area (Å²) in [4.78, 5) is 12.3. The van der Waals surface area contributed by atoms with Crippen LogP contribution in [-0.4, -0.2) is 31.5 Å². The first kappa shape index (κ1) is 18.6. The van der Waals surface area contributed by atoms with E-state index in [1.807, 2.05) is 12.1 Å². The number of carboxylic acid groups (broad SMARTS) is 1. The molecule has 4 aromatic carbocycles. The summed E-state index contributed by atoms with van der Waals surface area (Å²) in [6.45, 7) is 0. The summed E-state index contributed by atoms with van der Waals surface area (Å²) in [6.07, 6.45) is 0. The van der Waals surface area contributed by atoms with E-state index in [1.165, 1.54) is 24.3 Å². The number of aromatic carboxylic acids is 1. The first-order valence-corrected chi connectivity index (χ1v) is 9.41. The van der Waals surface area contributed by atoms with Crippen LogP contribution < -0.4 is 4.74 Å². The Hall–Kier alpha value is -4.39. The molecule has 5 N–H and O–H groups in total. The van der Waals surface area contributed by atoms with Gasteiger partial charge in [0.05, 0.1) is 5.56 Å². The molecule has 1 aliphatic heterocycles. The van der Waals surface area contributed by atoms with E-state index in [-0.39, 0.29) is 17.1 Å². The monoisotopic (exact) mass is 416 g/mol. The molecule has 0 saturated carbocycles. The van der Waals surface area contributed by atoms with Gasteiger partial charge in [0, 0.05) is 17.0 Å². The number of hydrogen-bond acceptors (Lipinski definition) is 6. The van der Waals surface area contributed by atoms with Crippen LogP contribution in [-0.2, 0) is 0 Å². The van der Waals surface area contributed by atoms with Gasteiger partial charge in [0.2, 0.25) is 11.5 Å². The lowest BCUT2D eigenvalue weighted by atomic mass is 9.79. The molecule has 1 heterocycles. The minimum absolute atomic E-state index is 0.0713. The zero-order chi connectivity index (χ0) is 21.9. The largest absolute Gasteiger partial charge is 0.504 e. The summed E-state index contributed by atoms with van der Waals surface area (Å²) >= 11 is 0. The summed E-state index contributed by atoms with van der Waals surface area (Å²) in [5, 5.41) is 52.1. The Bertz CT molecular complexity index is 1330. The van der Waals surface area contributed by atoms with Gasteiger partial charge in [-0.1, -0.05) is 48.5 Å². The second-order valence-electron chi connectivity index (χ2n) is 7.29. The summed E-state index contributed by atoms with van der Waals surface area (Å²) in [5.74, 6) is -4.09. The van der Waals surface area contributed by atoms with Crippen molar-refractivity contribution in [3.8, 4) is 34.5 Å². The van der Waals surface area contributed by atoms with Crippen LogP contribution in [0.25, 0.3) is 10.8 Å². The molecule has 154 valence electrons. The molecular weight excluding hydrogens is 400 g/mol. The quantitative estimate of drug-likeness (QED) is 0.265. The Morgan fingerprint density at radius 3 is 1.84 bits per heavy atom. The van der Waals surface area contributed by atoms with E-state index >= 15 is 0 Å². The first-order valence-electron chi connectivity index (χ1n) is 9.41. The standard InChI is InChI=1S/C24H16O7/c25-16-9-7-14-18(13-6-5-11-3-1-2-4-12(11)19(13)24(29)30)15-8-10-17(26)21(28)23(15)31-22(14)20(16)27/h1-10,18,25-28H,(H,29,30). The van der Waals surface area contributed by atoms with Crippen molar-refractivity contribution in [2.45, 2.75) is 5.92 Å². The Kier molecular flexibility index (Phi) is 3.94. The number of carboxylic acids is 1. The van der Waals surface area contributed by atoms with Crippen molar-refractivity contribution in [3.05, 3.63) is 82.9 Å². The second kappa shape index (κ2) is 6.56. The molecule has 0 unspecified atom stereocenters. The van der Waals surface area contributed by atoms with Crippen molar-refractivity contribution in [2.24, 2.45) is 0 Å². The average molecular weight is 416 g/mol. The zero-order valence-corrected chi connectivity index (χ0v) is 15.9. The fourth-order valence-corrected chi connectivity index (χ4v) is 4.19. The van der Waals surface area contributed by atoms with Crippen LogP contribution in [0.5, 0.6) is 34.5 Å². The van der Waals surface area contributed by atoms with E-state index in [0.717, 1.165) is 5.39 Å². The average Bonchev–Trinajstić information content (AvgIpc) is 2.77. The van der Waals surface area contributed by atoms with Crippen molar-refractivity contribution < 1.29 is 35.1 Å². The highest BCUT2D eigenvalue weighted by Crippen LogP contribution is 2.57. The predicted octanol–water partition coefficient (Wildman–Crippen LogP) is 4.65. The van der Waals surface area contributed by atoms with E-state index in [2.05, 4.69) is 0 Å². The van der Waals surface area contributed by atoms with E-state index in [9.17, 15) is 30.3 Å².